The molecular weight excluding hydrogens is 322 g/mol. The molecule has 4 nitrogen and oxygen atoms in total. The predicted octanol–water partition coefficient (Wildman–Crippen LogP) is 4.67. The van der Waals surface area contributed by atoms with E-state index >= 15 is 0 Å². The van der Waals surface area contributed by atoms with E-state index in [1.807, 2.05) is 18.4 Å². The van der Waals surface area contributed by atoms with Gasteiger partial charge in [0.05, 0.1) is 19.8 Å². The van der Waals surface area contributed by atoms with Crippen molar-refractivity contribution in [2.75, 3.05) is 13.7 Å². The van der Waals surface area contributed by atoms with Crippen LogP contribution in [0.4, 0.5) is 0 Å². The molecule has 0 saturated heterocycles. The number of carbonyl (C=O) groups is 1. The summed E-state index contributed by atoms with van der Waals surface area (Å²) in [7, 11) is 1.59. The largest absolute Gasteiger partial charge is 0.493 e. The quantitative estimate of drug-likeness (QED) is 0.755. The van der Waals surface area contributed by atoms with E-state index in [1.165, 1.54) is 4.88 Å². The fraction of sp³-hybridized carbons (Fsp3) is 0.421. The average Bonchev–Trinajstić information content (AvgIpc) is 3.08. The van der Waals surface area contributed by atoms with Gasteiger partial charge < -0.3 is 14.8 Å². The maximum atomic E-state index is 12.7. The molecule has 0 fully saturated rings. The van der Waals surface area contributed by atoms with Gasteiger partial charge in [0.15, 0.2) is 11.5 Å². The smallest absolute Gasteiger partial charge is 0.251 e. The van der Waals surface area contributed by atoms with Gasteiger partial charge in [0.2, 0.25) is 0 Å². The second-order valence-corrected chi connectivity index (χ2v) is 6.95. The molecule has 1 aromatic carbocycles. The standard InChI is InChI=1S/C19H25NO3S/c1-5-23-17-12-14(8-9-16(17)22-4)19(21)20-15(11-13(2)3)18-7-6-10-24-18/h6-10,12-13,15H,5,11H2,1-4H3,(H,20,21). The van der Waals surface area contributed by atoms with E-state index in [2.05, 4.69) is 25.2 Å². The Kier molecular flexibility index (Phi) is 6.67. The number of amides is 1. The van der Waals surface area contributed by atoms with Crippen LogP contribution in [0.15, 0.2) is 35.7 Å². The van der Waals surface area contributed by atoms with Crippen molar-refractivity contribution >= 4 is 17.2 Å². The van der Waals surface area contributed by atoms with Crippen LogP contribution in [0.25, 0.3) is 0 Å². The van der Waals surface area contributed by atoms with Gasteiger partial charge in [-0.2, -0.15) is 0 Å². The van der Waals surface area contributed by atoms with Crippen molar-refractivity contribution in [2.45, 2.75) is 33.2 Å². The average molecular weight is 347 g/mol. The molecule has 1 aromatic heterocycles. The van der Waals surface area contributed by atoms with Crippen molar-refractivity contribution in [3.63, 3.8) is 0 Å². The lowest BCUT2D eigenvalue weighted by Crippen LogP contribution is -2.29. The van der Waals surface area contributed by atoms with Gasteiger partial charge in [0, 0.05) is 10.4 Å². The fourth-order valence-corrected chi connectivity index (χ4v) is 3.33. The molecule has 2 rings (SSSR count). The third-order valence-corrected chi connectivity index (χ3v) is 4.61. The van der Waals surface area contributed by atoms with Crippen LogP contribution in [0, 0.1) is 5.92 Å². The van der Waals surface area contributed by atoms with Crippen molar-refractivity contribution in [3.8, 4) is 11.5 Å². The third-order valence-electron chi connectivity index (χ3n) is 3.62. The first-order chi connectivity index (χ1) is 11.5. The topological polar surface area (TPSA) is 47.6 Å². The highest BCUT2D eigenvalue weighted by Gasteiger charge is 2.19. The van der Waals surface area contributed by atoms with Gasteiger partial charge in [-0.15, -0.1) is 11.3 Å². The normalized spacial score (nSPS) is 12.0. The number of thiophene rings is 1. The summed E-state index contributed by atoms with van der Waals surface area (Å²) in [5, 5.41) is 5.19. The van der Waals surface area contributed by atoms with Crippen molar-refractivity contribution in [1.29, 1.82) is 0 Å². The lowest BCUT2D eigenvalue weighted by Gasteiger charge is -2.20. The summed E-state index contributed by atoms with van der Waals surface area (Å²) in [4.78, 5) is 13.9. The van der Waals surface area contributed by atoms with Gasteiger partial charge in [-0.1, -0.05) is 19.9 Å². The molecule has 0 aliphatic carbocycles. The maximum Gasteiger partial charge on any atom is 0.251 e. The molecule has 130 valence electrons. The van der Waals surface area contributed by atoms with E-state index in [-0.39, 0.29) is 11.9 Å². The number of benzene rings is 1. The Balaban J connectivity index is 2.19. The fourth-order valence-electron chi connectivity index (χ4n) is 2.53. The van der Waals surface area contributed by atoms with Gasteiger partial charge in [0.25, 0.3) is 5.91 Å². The van der Waals surface area contributed by atoms with Crippen LogP contribution < -0.4 is 14.8 Å². The summed E-state index contributed by atoms with van der Waals surface area (Å²) in [5.41, 5.74) is 0.574. The predicted molar refractivity (Wildman–Crippen MR) is 98.1 cm³/mol. The Labute approximate surface area is 147 Å². The highest BCUT2D eigenvalue weighted by molar-refractivity contribution is 7.10. The molecule has 0 aliphatic heterocycles. The van der Waals surface area contributed by atoms with Gasteiger partial charge >= 0.3 is 0 Å². The number of carbonyl (C=O) groups excluding carboxylic acids is 1. The molecule has 0 bridgehead atoms. The van der Waals surface area contributed by atoms with Gasteiger partial charge in [-0.25, -0.2) is 0 Å². The third kappa shape index (κ3) is 4.74. The molecule has 24 heavy (non-hydrogen) atoms. The second-order valence-electron chi connectivity index (χ2n) is 5.97. The number of ether oxygens (including phenoxy) is 2. The molecule has 0 spiro atoms. The highest BCUT2D eigenvalue weighted by Crippen LogP contribution is 2.29. The van der Waals surface area contributed by atoms with Crippen LogP contribution in [0.5, 0.6) is 11.5 Å². The first kappa shape index (κ1) is 18.3. The van der Waals surface area contributed by atoms with Gasteiger partial charge in [0.1, 0.15) is 0 Å². The molecule has 1 unspecified atom stereocenters. The minimum atomic E-state index is -0.0994. The number of nitrogens with one attached hydrogen (secondary N) is 1. The van der Waals surface area contributed by atoms with E-state index in [0.717, 1.165) is 6.42 Å². The van der Waals surface area contributed by atoms with E-state index in [9.17, 15) is 4.79 Å². The number of hydrogen-bond donors (Lipinski definition) is 1. The lowest BCUT2D eigenvalue weighted by atomic mass is 10.0. The van der Waals surface area contributed by atoms with Crippen LogP contribution in [0.1, 0.15) is 48.5 Å². The van der Waals surface area contributed by atoms with Crippen molar-refractivity contribution in [3.05, 3.63) is 46.2 Å². The molecule has 1 amide bonds. The van der Waals surface area contributed by atoms with E-state index < -0.39 is 0 Å². The Bertz CT molecular complexity index is 653. The minimum absolute atomic E-state index is 0.0233. The first-order valence-corrected chi connectivity index (χ1v) is 9.08. The Hall–Kier alpha value is -2.01. The summed E-state index contributed by atoms with van der Waals surface area (Å²) >= 11 is 1.67. The molecule has 2 aromatic rings. The van der Waals surface area contributed by atoms with Crippen LogP contribution in [0.2, 0.25) is 0 Å². The molecule has 1 N–H and O–H groups in total. The summed E-state index contributed by atoms with van der Waals surface area (Å²) in [5.74, 6) is 1.61. The van der Waals surface area contributed by atoms with Gasteiger partial charge in [-0.05, 0) is 48.9 Å². The minimum Gasteiger partial charge on any atom is -0.493 e. The summed E-state index contributed by atoms with van der Waals surface area (Å²) < 4.78 is 10.8. The van der Waals surface area contributed by atoms with E-state index in [1.54, 1.807) is 36.6 Å². The van der Waals surface area contributed by atoms with E-state index in [0.29, 0.717) is 29.6 Å². The Morgan fingerprint density at radius 3 is 2.62 bits per heavy atom. The molecule has 0 radical (unpaired) electrons. The molecule has 1 atom stereocenters. The summed E-state index contributed by atoms with van der Waals surface area (Å²) in [6.45, 7) is 6.74. The molecule has 1 heterocycles. The molecule has 5 heteroatoms. The van der Waals surface area contributed by atoms with Crippen LogP contribution in [-0.2, 0) is 0 Å². The summed E-state index contributed by atoms with van der Waals surface area (Å²) in [6, 6.07) is 9.37. The highest BCUT2D eigenvalue weighted by atomic mass is 32.1. The number of hydrogen-bond acceptors (Lipinski definition) is 4. The van der Waals surface area contributed by atoms with Gasteiger partial charge in [-0.3, -0.25) is 4.79 Å². The van der Waals surface area contributed by atoms with Crippen molar-refractivity contribution in [2.24, 2.45) is 5.92 Å². The maximum absolute atomic E-state index is 12.7. The van der Waals surface area contributed by atoms with Crippen LogP contribution >= 0.6 is 11.3 Å². The Morgan fingerprint density at radius 2 is 2.04 bits per heavy atom. The van der Waals surface area contributed by atoms with Crippen LogP contribution in [-0.4, -0.2) is 19.6 Å². The first-order valence-electron chi connectivity index (χ1n) is 8.20. The molecular formula is C19H25NO3S. The zero-order chi connectivity index (χ0) is 17.5. The Morgan fingerprint density at radius 1 is 1.25 bits per heavy atom. The second kappa shape index (κ2) is 8.73. The number of methoxy groups -OCH3 is 1. The number of rotatable bonds is 8. The molecule has 0 aliphatic rings. The van der Waals surface area contributed by atoms with Crippen LogP contribution in [0.3, 0.4) is 0 Å². The van der Waals surface area contributed by atoms with E-state index in [4.69, 9.17) is 9.47 Å². The summed E-state index contributed by atoms with van der Waals surface area (Å²) in [6.07, 6.45) is 0.903. The zero-order valence-corrected chi connectivity index (χ0v) is 15.5. The van der Waals surface area contributed by atoms with Crippen molar-refractivity contribution in [1.82, 2.24) is 5.32 Å². The lowest BCUT2D eigenvalue weighted by molar-refractivity contribution is 0.0932. The SMILES string of the molecule is CCOc1cc(C(=O)NC(CC(C)C)c2cccs2)ccc1OC. The monoisotopic (exact) mass is 347 g/mol. The molecule has 0 saturated carbocycles. The zero-order valence-electron chi connectivity index (χ0n) is 14.7. The van der Waals surface area contributed by atoms with Crippen molar-refractivity contribution < 1.29 is 14.3 Å².